The van der Waals surface area contributed by atoms with Crippen LogP contribution in [0.4, 0.5) is 5.69 Å². The lowest BCUT2D eigenvalue weighted by Gasteiger charge is -2.12. The van der Waals surface area contributed by atoms with E-state index < -0.39 is 12.0 Å². The van der Waals surface area contributed by atoms with Gasteiger partial charge in [-0.25, -0.2) is 4.79 Å². The first-order chi connectivity index (χ1) is 10.7. The van der Waals surface area contributed by atoms with Crippen molar-refractivity contribution < 1.29 is 14.3 Å². The minimum atomic E-state index is -0.737. The molecule has 0 aliphatic rings. The summed E-state index contributed by atoms with van der Waals surface area (Å²) in [6.07, 6.45) is 0. The van der Waals surface area contributed by atoms with Crippen LogP contribution < -0.4 is 10.1 Å². The Labute approximate surface area is 130 Å². The van der Waals surface area contributed by atoms with Crippen LogP contribution in [-0.4, -0.2) is 26.2 Å². The van der Waals surface area contributed by atoms with Gasteiger partial charge in [0, 0.05) is 11.3 Å². The molecular formula is C18H17NO3. The molecule has 0 amide bonds. The van der Waals surface area contributed by atoms with Crippen LogP contribution in [0.1, 0.15) is 5.56 Å². The Morgan fingerprint density at radius 2 is 1.73 bits per heavy atom. The molecule has 4 nitrogen and oxygen atoms in total. The van der Waals surface area contributed by atoms with Crippen molar-refractivity contribution in [1.29, 1.82) is 0 Å². The van der Waals surface area contributed by atoms with Crippen molar-refractivity contribution >= 4 is 11.7 Å². The van der Waals surface area contributed by atoms with Gasteiger partial charge in [0.15, 0.2) is 6.04 Å². The van der Waals surface area contributed by atoms with Gasteiger partial charge in [-0.05, 0) is 36.4 Å². The molecule has 2 aromatic carbocycles. The fraction of sp³-hybridized carbons (Fsp3) is 0.167. The standard InChI is InChI=1S/C18H17NO3/c1-21-16-11-9-15(10-12-16)19-17(18(20)22-2)13-8-14-6-4-3-5-7-14/h3-7,9-12,17,19H,1-2H3/t17-/m1/s1. The Morgan fingerprint density at radius 1 is 1.05 bits per heavy atom. The Kier molecular flexibility index (Phi) is 5.44. The second-order valence-electron chi connectivity index (χ2n) is 4.46. The molecule has 0 aromatic heterocycles. The lowest BCUT2D eigenvalue weighted by molar-refractivity contribution is -0.140. The summed E-state index contributed by atoms with van der Waals surface area (Å²) in [6, 6.07) is 16.0. The number of benzene rings is 2. The number of methoxy groups -OCH3 is 2. The highest BCUT2D eigenvalue weighted by atomic mass is 16.5. The summed E-state index contributed by atoms with van der Waals surface area (Å²) in [5.74, 6) is 6.18. The fourth-order valence-corrected chi connectivity index (χ4v) is 1.80. The van der Waals surface area contributed by atoms with E-state index in [9.17, 15) is 4.79 Å². The molecule has 0 heterocycles. The van der Waals surface area contributed by atoms with Crippen molar-refractivity contribution in [3.8, 4) is 17.6 Å². The van der Waals surface area contributed by atoms with Crippen LogP contribution in [0.5, 0.6) is 5.75 Å². The van der Waals surface area contributed by atoms with Gasteiger partial charge in [0.2, 0.25) is 0 Å². The smallest absolute Gasteiger partial charge is 0.341 e. The van der Waals surface area contributed by atoms with E-state index in [-0.39, 0.29) is 0 Å². The second kappa shape index (κ2) is 7.75. The monoisotopic (exact) mass is 295 g/mol. The Balaban J connectivity index is 2.16. The van der Waals surface area contributed by atoms with Crippen molar-refractivity contribution in [3.05, 3.63) is 60.2 Å². The summed E-state index contributed by atoms with van der Waals surface area (Å²) < 4.78 is 9.89. The number of nitrogens with one attached hydrogen (secondary N) is 1. The number of carbonyl (C=O) groups excluding carboxylic acids is 1. The van der Waals surface area contributed by atoms with E-state index in [1.165, 1.54) is 7.11 Å². The molecule has 4 heteroatoms. The van der Waals surface area contributed by atoms with Crippen molar-refractivity contribution in [1.82, 2.24) is 0 Å². The van der Waals surface area contributed by atoms with Gasteiger partial charge in [-0.15, -0.1) is 0 Å². The molecule has 2 rings (SSSR count). The Bertz CT molecular complexity index is 669. The molecule has 1 N–H and O–H groups in total. The first-order valence-corrected chi connectivity index (χ1v) is 6.78. The van der Waals surface area contributed by atoms with Gasteiger partial charge in [0.05, 0.1) is 14.2 Å². The van der Waals surface area contributed by atoms with Gasteiger partial charge in [0.25, 0.3) is 0 Å². The molecule has 22 heavy (non-hydrogen) atoms. The molecule has 0 radical (unpaired) electrons. The van der Waals surface area contributed by atoms with Gasteiger partial charge in [-0.3, -0.25) is 0 Å². The van der Waals surface area contributed by atoms with Crippen LogP contribution in [0, 0.1) is 11.8 Å². The number of rotatable bonds is 4. The summed E-state index contributed by atoms with van der Waals surface area (Å²) >= 11 is 0. The van der Waals surface area contributed by atoms with E-state index in [2.05, 4.69) is 17.2 Å². The highest BCUT2D eigenvalue weighted by Crippen LogP contribution is 2.16. The summed E-state index contributed by atoms with van der Waals surface area (Å²) in [4.78, 5) is 11.8. The number of hydrogen-bond donors (Lipinski definition) is 1. The molecule has 0 spiro atoms. The molecule has 112 valence electrons. The summed E-state index contributed by atoms with van der Waals surface area (Å²) in [5, 5.41) is 3.05. The highest BCUT2D eigenvalue weighted by Gasteiger charge is 2.16. The predicted octanol–water partition coefficient (Wildman–Crippen LogP) is 2.70. The number of carbonyl (C=O) groups is 1. The number of esters is 1. The van der Waals surface area contributed by atoms with Crippen LogP contribution in [-0.2, 0) is 9.53 Å². The maximum Gasteiger partial charge on any atom is 0.341 e. The zero-order valence-electron chi connectivity index (χ0n) is 12.5. The summed E-state index contributed by atoms with van der Waals surface area (Å²) in [6.45, 7) is 0. The lowest BCUT2D eigenvalue weighted by Crippen LogP contribution is -2.29. The van der Waals surface area contributed by atoms with E-state index in [4.69, 9.17) is 9.47 Å². The third kappa shape index (κ3) is 4.29. The first kappa shape index (κ1) is 15.5. The molecule has 1 atom stereocenters. The zero-order chi connectivity index (χ0) is 15.8. The van der Waals surface area contributed by atoms with Crippen LogP contribution in [0.3, 0.4) is 0 Å². The molecule has 0 unspecified atom stereocenters. The fourth-order valence-electron chi connectivity index (χ4n) is 1.80. The van der Waals surface area contributed by atoms with Crippen LogP contribution in [0.25, 0.3) is 0 Å². The van der Waals surface area contributed by atoms with Crippen molar-refractivity contribution in [2.45, 2.75) is 6.04 Å². The zero-order valence-corrected chi connectivity index (χ0v) is 12.5. The molecule has 0 aliphatic carbocycles. The van der Waals surface area contributed by atoms with Gasteiger partial charge in [0.1, 0.15) is 5.75 Å². The molecule has 0 aliphatic heterocycles. The van der Waals surface area contributed by atoms with E-state index in [1.54, 1.807) is 19.2 Å². The minimum absolute atomic E-state index is 0.431. The molecule has 0 saturated carbocycles. The molecule has 0 fully saturated rings. The quantitative estimate of drug-likeness (QED) is 0.696. The average Bonchev–Trinajstić information content (AvgIpc) is 2.59. The third-order valence-electron chi connectivity index (χ3n) is 2.97. The average molecular weight is 295 g/mol. The summed E-state index contributed by atoms with van der Waals surface area (Å²) in [5.41, 5.74) is 1.60. The van der Waals surface area contributed by atoms with E-state index >= 15 is 0 Å². The SMILES string of the molecule is COC(=O)[C@@H](C#Cc1ccccc1)Nc1ccc(OC)cc1. The first-order valence-electron chi connectivity index (χ1n) is 6.78. The molecular weight excluding hydrogens is 278 g/mol. The number of anilines is 1. The predicted molar refractivity (Wildman–Crippen MR) is 85.7 cm³/mol. The van der Waals surface area contributed by atoms with Gasteiger partial charge in [-0.2, -0.15) is 0 Å². The maximum atomic E-state index is 11.8. The molecule has 2 aromatic rings. The van der Waals surface area contributed by atoms with Crippen LogP contribution >= 0.6 is 0 Å². The van der Waals surface area contributed by atoms with Gasteiger partial charge >= 0.3 is 5.97 Å². The molecule has 0 saturated heterocycles. The number of ether oxygens (including phenoxy) is 2. The van der Waals surface area contributed by atoms with Crippen molar-refractivity contribution in [2.75, 3.05) is 19.5 Å². The maximum absolute atomic E-state index is 11.8. The topological polar surface area (TPSA) is 47.6 Å². The van der Waals surface area contributed by atoms with Gasteiger partial charge in [-0.1, -0.05) is 30.0 Å². The normalized spacial score (nSPS) is 10.8. The van der Waals surface area contributed by atoms with E-state index in [0.717, 1.165) is 17.0 Å². The van der Waals surface area contributed by atoms with E-state index in [1.807, 2.05) is 42.5 Å². The van der Waals surface area contributed by atoms with Crippen LogP contribution in [0.2, 0.25) is 0 Å². The second-order valence-corrected chi connectivity index (χ2v) is 4.46. The Hall–Kier alpha value is -2.93. The highest BCUT2D eigenvalue weighted by molar-refractivity contribution is 5.83. The van der Waals surface area contributed by atoms with E-state index in [0.29, 0.717) is 0 Å². The summed E-state index contributed by atoms with van der Waals surface area (Å²) in [7, 11) is 2.94. The number of hydrogen-bond acceptors (Lipinski definition) is 4. The van der Waals surface area contributed by atoms with Crippen LogP contribution in [0.15, 0.2) is 54.6 Å². The Morgan fingerprint density at radius 3 is 2.32 bits per heavy atom. The minimum Gasteiger partial charge on any atom is -0.497 e. The van der Waals surface area contributed by atoms with Crippen molar-refractivity contribution in [3.63, 3.8) is 0 Å². The largest absolute Gasteiger partial charge is 0.497 e. The third-order valence-corrected chi connectivity index (χ3v) is 2.97. The van der Waals surface area contributed by atoms with Crippen molar-refractivity contribution in [2.24, 2.45) is 0 Å². The lowest BCUT2D eigenvalue weighted by atomic mass is 10.2. The molecule has 0 bridgehead atoms. The van der Waals surface area contributed by atoms with Gasteiger partial charge < -0.3 is 14.8 Å².